The zero-order chi connectivity index (χ0) is 43.7. The first kappa shape index (κ1) is 56.1. The Morgan fingerprint density at radius 1 is 0.350 bits per heavy atom. The molecule has 0 radical (unpaired) electrons. The highest BCUT2D eigenvalue weighted by Gasteiger charge is 2.19. The number of unbranched alkanes of at least 4 members (excludes halogenated alkanes) is 18. The van der Waals surface area contributed by atoms with Crippen LogP contribution in [0.2, 0.25) is 0 Å². The zero-order valence-corrected chi connectivity index (χ0v) is 38.4. The van der Waals surface area contributed by atoms with Gasteiger partial charge in [0, 0.05) is 19.3 Å². The van der Waals surface area contributed by atoms with E-state index >= 15 is 0 Å². The van der Waals surface area contributed by atoms with Crippen molar-refractivity contribution in [1.29, 1.82) is 0 Å². The maximum Gasteiger partial charge on any atom is 0.306 e. The smallest absolute Gasteiger partial charge is 0.306 e. The van der Waals surface area contributed by atoms with Crippen molar-refractivity contribution in [2.75, 3.05) is 13.2 Å². The van der Waals surface area contributed by atoms with E-state index in [0.29, 0.717) is 12.8 Å². The monoisotopic (exact) mass is 831 g/mol. The molecular weight excluding hydrogens is 745 g/mol. The number of carbonyl (C=O) groups is 3. The van der Waals surface area contributed by atoms with Crippen LogP contribution in [0.4, 0.5) is 0 Å². The number of rotatable bonds is 41. The fourth-order valence-electron chi connectivity index (χ4n) is 6.02. The standard InChI is InChI=1S/C54H86O6/c1-4-7-10-13-16-19-22-24-25-26-27-28-30-32-35-38-41-44-47-53(56)59-50-51(49-58-52(55)46-43-40-37-34-31-21-18-15-12-9-6-3)60-54(57)48-45-42-39-36-33-29-23-20-17-14-11-8-5-2/h8,11,14-28,31,51H,4-7,9-10,12-13,29-30,32-50H2,1-3H3/b11-8-,17-14-,18-15-,19-16-,23-20-,24-22-,26-25-,28-27-,31-21-. The Morgan fingerprint density at radius 3 is 1.10 bits per heavy atom. The molecule has 0 spiro atoms. The van der Waals surface area contributed by atoms with Crippen LogP contribution in [0, 0.1) is 0 Å². The van der Waals surface area contributed by atoms with Crippen molar-refractivity contribution in [3.8, 4) is 0 Å². The summed E-state index contributed by atoms with van der Waals surface area (Å²) in [7, 11) is 0. The van der Waals surface area contributed by atoms with Crippen LogP contribution in [0.5, 0.6) is 0 Å². The molecule has 0 fully saturated rings. The van der Waals surface area contributed by atoms with Crippen LogP contribution < -0.4 is 0 Å². The van der Waals surface area contributed by atoms with Gasteiger partial charge in [0.25, 0.3) is 0 Å². The molecule has 0 saturated heterocycles. The normalized spacial score (nSPS) is 13.1. The Morgan fingerprint density at radius 2 is 0.667 bits per heavy atom. The van der Waals surface area contributed by atoms with Crippen molar-refractivity contribution in [1.82, 2.24) is 0 Å². The number of allylic oxidation sites excluding steroid dienone is 18. The summed E-state index contributed by atoms with van der Waals surface area (Å²) in [6.07, 6.45) is 63.5. The second-order valence-corrected chi connectivity index (χ2v) is 15.5. The highest BCUT2D eigenvalue weighted by molar-refractivity contribution is 5.71. The lowest BCUT2D eigenvalue weighted by Gasteiger charge is -2.18. The minimum Gasteiger partial charge on any atom is -0.462 e. The molecule has 6 heteroatoms. The van der Waals surface area contributed by atoms with Gasteiger partial charge in [-0.1, -0.05) is 201 Å². The third-order valence-corrected chi connectivity index (χ3v) is 9.66. The molecular formula is C54H86O6. The highest BCUT2D eigenvalue weighted by Crippen LogP contribution is 2.12. The minimum atomic E-state index is -0.810. The lowest BCUT2D eigenvalue weighted by atomic mass is 10.1. The van der Waals surface area contributed by atoms with E-state index in [4.69, 9.17) is 14.2 Å². The Bertz CT molecular complexity index is 1280. The summed E-state index contributed by atoms with van der Waals surface area (Å²) in [5.41, 5.74) is 0. The third kappa shape index (κ3) is 45.2. The fraction of sp³-hybridized carbons (Fsp3) is 0.611. The van der Waals surface area contributed by atoms with Crippen LogP contribution >= 0.6 is 0 Å². The molecule has 0 aliphatic rings. The van der Waals surface area contributed by atoms with Gasteiger partial charge in [0.15, 0.2) is 6.10 Å². The van der Waals surface area contributed by atoms with Crippen molar-refractivity contribution in [2.24, 2.45) is 0 Å². The van der Waals surface area contributed by atoms with Crippen LogP contribution in [0.1, 0.15) is 194 Å². The quantitative estimate of drug-likeness (QED) is 0.0264. The lowest BCUT2D eigenvalue weighted by Crippen LogP contribution is -2.30. The maximum absolute atomic E-state index is 12.7. The number of hydrogen-bond acceptors (Lipinski definition) is 6. The van der Waals surface area contributed by atoms with E-state index in [-0.39, 0.29) is 37.5 Å². The summed E-state index contributed by atoms with van der Waals surface area (Å²) in [6.45, 7) is 6.32. The molecule has 0 saturated carbocycles. The molecule has 60 heavy (non-hydrogen) atoms. The largest absolute Gasteiger partial charge is 0.462 e. The molecule has 0 heterocycles. The summed E-state index contributed by atoms with van der Waals surface area (Å²) in [5.74, 6) is -0.991. The first-order valence-electron chi connectivity index (χ1n) is 24.0. The molecule has 0 rings (SSSR count). The minimum absolute atomic E-state index is 0.110. The van der Waals surface area contributed by atoms with E-state index in [2.05, 4.69) is 124 Å². The maximum atomic E-state index is 12.7. The van der Waals surface area contributed by atoms with E-state index in [1.54, 1.807) is 0 Å². The fourth-order valence-corrected chi connectivity index (χ4v) is 6.02. The molecule has 0 aromatic rings. The van der Waals surface area contributed by atoms with Crippen LogP contribution in [-0.2, 0) is 28.6 Å². The van der Waals surface area contributed by atoms with Crippen LogP contribution in [0.3, 0.4) is 0 Å². The number of carbonyl (C=O) groups excluding carboxylic acids is 3. The van der Waals surface area contributed by atoms with Gasteiger partial charge in [0.05, 0.1) is 0 Å². The van der Waals surface area contributed by atoms with E-state index in [0.717, 1.165) is 122 Å². The summed E-state index contributed by atoms with van der Waals surface area (Å²) in [5, 5.41) is 0. The predicted molar refractivity (Wildman–Crippen MR) is 256 cm³/mol. The van der Waals surface area contributed by atoms with Crippen molar-refractivity contribution in [3.05, 3.63) is 109 Å². The third-order valence-electron chi connectivity index (χ3n) is 9.66. The van der Waals surface area contributed by atoms with Gasteiger partial charge in [0.2, 0.25) is 0 Å². The molecule has 0 amide bonds. The summed E-state index contributed by atoms with van der Waals surface area (Å²) in [6, 6.07) is 0. The van der Waals surface area contributed by atoms with E-state index in [1.807, 2.05) is 6.08 Å². The Kier molecular flexibility index (Phi) is 44.6. The molecule has 1 unspecified atom stereocenters. The van der Waals surface area contributed by atoms with Crippen LogP contribution in [0.25, 0.3) is 0 Å². The van der Waals surface area contributed by atoms with Gasteiger partial charge in [0.1, 0.15) is 13.2 Å². The molecule has 0 aliphatic carbocycles. The second-order valence-electron chi connectivity index (χ2n) is 15.5. The molecule has 0 aromatic heterocycles. The molecule has 6 nitrogen and oxygen atoms in total. The van der Waals surface area contributed by atoms with Gasteiger partial charge in [-0.05, 0) is 83.5 Å². The van der Waals surface area contributed by atoms with E-state index < -0.39 is 6.10 Å². The summed E-state index contributed by atoms with van der Waals surface area (Å²) >= 11 is 0. The SMILES string of the molecule is CC\C=C/C=C\C=C/CCCCCCCC(=O)OC(COC(=O)CCCCC/C=C\C=C/CCCC)COC(=O)CCCCCCC\C=C/C=C\C=C/C=C\CCCCC. The van der Waals surface area contributed by atoms with Crippen molar-refractivity contribution >= 4 is 17.9 Å². The average Bonchev–Trinajstić information content (AvgIpc) is 3.24. The van der Waals surface area contributed by atoms with Gasteiger partial charge < -0.3 is 14.2 Å². The van der Waals surface area contributed by atoms with Crippen molar-refractivity contribution in [2.45, 2.75) is 200 Å². The zero-order valence-electron chi connectivity index (χ0n) is 38.4. The van der Waals surface area contributed by atoms with Gasteiger partial charge in [-0.2, -0.15) is 0 Å². The molecule has 338 valence electrons. The molecule has 0 bridgehead atoms. The highest BCUT2D eigenvalue weighted by atomic mass is 16.6. The molecule has 0 aromatic carbocycles. The van der Waals surface area contributed by atoms with E-state index in [1.165, 1.54) is 32.1 Å². The van der Waals surface area contributed by atoms with Gasteiger partial charge in [-0.25, -0.2) is 0 Å². The van der Waals surface area contributed by atoms with Crippen molar-refractivity contribution < 1.29 is 28.6 Å². The molecule has 0 aliphatic heterocycles. The summed E-state index contributed by atoms with van der Waals surface area (Å²) < 4.78 is 16.7. The van der Waals surface area contributed by atoms with Gasteiger partial charge in [-0.15, -0.1) is 0 Å². The van der Waals surface area contributed by atoms with Crippen LogP contribution in [-0.4, -0.2) is 37.2 Å². The predicted octanol–water partition coefficient (Wildman–Crippen LogP) is 15.6. The van der Waals surface area contributed by atoms with Crippen molar-refractivity contribution in [3.63, 3.8) is 0 Å². The Hall–Kier alpha value is -3.93. The topological polar surface area (TPSA) is 78.9 Å². The summed E-state index contributed by atoms with van der Waals surface area (Å²) in [4.78, 5) is 37.8. The Balaban J connectivity index is 4.50. The lowest BCUT2D eigenvalue weighted by molar-refractivity contribution is -0.167. The number of ether oxygens (including phenoxy) is 3. The first-order chi connectivity index (χ1) is 29.5. The Labute approximate surface area is 368 Å². The first-order valence-corrected chi connectivity index (χ1v) is 24.0. The number of esters is 3. The molecule has 1 atom stereocenters. The van der Waals surface area contributed by atoms with Gasteiger partial charge >= 0.3 is 17.9 Å². The van der Waals surface area contributed by atoms with Crippen LogP contribution in [0.15, 0.2) is 109 Å². The average molecular weight is 831 g/mol. The second kappa shape index (κ2) is 47.7. The molecule has 0 N–H and O–H groups in total. The van der Waals surface area contributed by atoms with Gasteiger partial charge in [-0.3, -0.25) is 14.4 Å². The number of hydrogen-bond donors (Lipinski definition) is 0. The van der Waals surface area contributed by atoms with E-state index in [9.17, 15) is 14.4 Å².